The monoisotopic (exact) mass is 362 g/mol. The molecule has 4 rings (SSSR count). The maximum Gasteiger partial charge on any atom is 0.282 e. The molecule has 2 heterocycles. The highest BCUT2D eigenvalue weighted by atomic mass is 19.3. The number of hydrogen-bond donors (Lipinski definition) is 0. The first-order chi connectivity index (χ1) is 12.4. The van der Waals surface area contributed by atoms with Crippen molar-refractivity contribution in [3.63, 3.8) is 0 Å². The van der Waals surface area contributed by atoms with Crippen molar-refractivity contribution >= 4 is 11.8 Å². The standard InChI is InChI=1S/C20H24F2N2O2/c21-20(22)13-24(14-20)18(26)16-7-4-8-19(16)9-10-23(12-19)17(25)11-15-5-2-1-3-6-15/h1-3,5-6,16H,4,7-14H2/t16-,19-/m1/s1. The van der Waals surface area contributed by atoms with Gasteiger partial charge in [0.05, 0.1) is 19.5 Å². The summed E-state index contributed by atoms with van der Waals surface area (Å²) in [6.45, 7) is 0.342. The average Bonchev–Trinajstić information content (AvgIpc) is 3.20. The molecule has 4 nitrogen and oxygen atoms in total. The van der Waals surface area contributed by atoms with E-state index in [1.807, 2.05) is 35.2 Å². The van der Waals surface area contributed by atoms with E-state index >= 15 is 0 Å². The number of carbonyl (C=O) groups is 2. The average molecular weight is 362 g/mol. The molecule has 3 fully saturated rings. The zero-order chi connectivity index (χ0) is 18.4. The van der Waals surface area contributed by atoms with Crippen molar-refractivity contribution in [1.82, 2.24) is 9.80 Å². The van der Waals surface area contributed by atoms with Crippen LogP contribution in [0.1, 0.15) is 31.2 Å². The molecule has 1 aromatic carbocycles. The molecular formula is C20H24F2N2O2. The van der Waals surface area contributed by atoms with Crippen LogP contribution >= 0.6 is 0 Å². The van der Waals surface area contributed by atoms with E-state index in [1.54, 1.807) is 0 Å². The van der Waals surface area contributed by atoms with Crippen molar-refractivity contribution in [2.75, 3.05) is 26.2 Å². The van der Waals surface area contributed by atoms with Crippen LogP contribution in [0.5, 0.6) is 0 Å². The van der Waals surface area contributed by atoms with E-state index in [-0.39, 0.29) is 23.1 Å². The number of alkyl halides is 2. The van der Waals surface area contributed by atoms with Crippen LogP contribution in [0.3, 0.4) is 0 Å². The number of likely N-dealkylation sites (tertiary alicyclic amines) is 2. The largest absolute Gasteiger partial charge is 0.342 e. The highest BCUT2D eigenvalue weighted by Gasteiger charge is 2.55. The van der Waals surface area contributed by atoms with Crippen molar-refractivity contribution in [2.24, 2.45) is 11.3 Å². The molecule has 2 aliphatic heterocycles. The van der Waals surface area contributed by atoms with Crippen molar-refractivity contribution < 1.29 is 18.4 Å². The number of rotatable bonds is 3. The van der Waals surface area contributed by atoms with Gasteiger partial charge in [0.2, 0.25) is 11.8 Å². The fraction of sp³-hybridized carbons (Fsp3) is 0.600. The molecule has 3 aliphatic rings. The van der Waals surface area contributed by atoms with Gasteiger partial charge in [0.25, 0.3) is 5.92 Å². The van der Waals surface area contributed by atoms with Gasteiger partial charge in [0.1, 0.15) is 0 Å². The molecule has 2 saturated heterocycles. The summed E-state index contributed by atoms with van der Waals surface area (Å²) in [5, 5.41) is 0. The maximum absolute atomic E-state index is 13.1. The first kappa shape index (κ1) is 17.4. The molecule has 140 valence electrons. The van der Waals surface area contributed by atoms with Gasteiger partial charge in [-0.3, -0.25) is 9.59 Å². The van der Waals surface area contributed by atoms with Crippen LogP contribution < -0.4 is 0 Å². The fourth-order valence-electron chi connectivity index (χ4n) is 4.89. The lowest BCUT2D eigenvalue weighted by Crippen LogP contribution is -2.60. The Bertz CT molecular complexity index is 701. The Balaban J connectivity index is 1.41. The molecule has 0 unspecified atom stereocenters. The van der Waals surface area contributed by atoms with E-state index in [0.717, 1.165) is 31.2 Å². The normalized spacial score (nSPS) is 29.8. The van der Waals surface area contributed by atoms with Crippen LogP contribution in [0.25, 0.3) is 0 Å². The highest BCUT2D eigenvalue weighted by Crippen LogP contribution is 2.51. The van der Waals surface area contributed by atoms with E-state index in [1.165, 1.54) is 4.90 Å². The Morgan fingerprint density at radius 1 is 1.04 bits per heavy atom. The van der Waals surface area contributed by atoms with E-state index in [0.29, 0.717) is 19.5 Å². The van der Waals surface area contributed by atoms with Gasteiger partial charge in [-0.25, -0.2) is 8.78 Å². The number of hydrogen-bond acceptors (Lipinski definition) is 2. The molecule has 26 heavy (non-hydrogen) atoms. The third kappa shape index (κ3) is 3.10. The Kier molecular flexibility index (Phi) is 4.24. The lowest BCUT2D eigenvalue weighted by Gasteiger charge is -2.42. The minimum atomic E-state index is -2.73. The van der Waals surface area contributed by atoms with Crippen LogP contribution in [0.15, 0.2) is 30.3 Å². The Morgan fingerprint density at radius 2 is 1.77 bits per heavy atom. The molecule has 1 aromatic rings. The van der Waals surface area contributed by atoms with Gasteiger partial charge in [-0.05, 0) is 24.8 Å². The zero-order valence-corrected chi connectivity index (χ0v) is 14.8. The Labute approximate surface area is 152 Å². The van der Waals surface area contributed by atoms with Gasteiger partial charge in [0, 0.05) is 24.4 Å². The number of benzene rings is 1. The van der Waals surface area contributed by atoms with Gasteiger partial charge in [-0.1, -0.05) is 36.8 Å². The lowest BCUT2D eigenvalue weighted by atomic mass is 9.76. The van der Waals surface area contributed by atoms with Crippen molar-refractivity contribution in [2.45, 2.75) is 38.0 Å². The lowest BCUT2D eigenvalue weighted by molar-refractivity contribution is -0.172. The predicted molar refractivity (Wildman–Crippen MR) is 92.6 cm³/mol. The van der Waals surface area contributed by atoms with Crippen LogP contribution in [0.2, 0.25) is 0 Å². The SMILES string of the molecule is O=C(Cc1ccccc1)N1CC[C@]2(CCC[C@@H]2C(=O)N2CC(F)(F)C2)C1. The fourth-order valence-corrected chi connectivity index (χ4v) is 4.89. The number of carbonyl (C=O) groups excluding carboxylic acids is 2. The molecule has 6 heteroatoms. The smallest absolute Gasteiger partial charge is 0.282 e. The first-order valence-corrected chi connectivity index (χ1v) is 9.37. The third-order valence-electron chi connectivity index (χ3n) is 6.30. The van der Waals surface area contributed by atoms with Crippen LogP contribution in [-0.4, -0.2) is 53.7 Å². The molecular weight excluding hydrogens is 338 g/mol. The van der Waals surface area contributed by atoms with E-state index in [9.17, 15) is 18.4 Å². The minimum Gasteiger partial charge on any atom is -0.342 e. The Hall–Kier alpha value is -1.98. The third-order valence-corrected chi connectivity index (χ3v) is 6.30. The van der Waals surface area contributed by atoms with Crippen LogP contribution in [0, 0.1) is 11.3 Å². The molecule has 2 atom stereocenters. The molecule has 0 N–H and O–H groups in total. The molecule has 0 bridgehead atoms. The summed E-state index contributed by atoms with van der Waals surface area (Å²) >= 11 is 0. The second-order valence-electron chi connectivity index (χ2n) is 8.09. The topological polar surface area (TPSA) is 40.6 Å². The second-order valence-corrected chi connectivity index (χ2v) is 8.09. The summed E-state index contributed by atoms with van der Waals surface area (Å²) in [7, 11) is 0. The quantitative estimate of drug-likeness (QED) is 0.830. The summed E-state index contributed by atoms with van der Waals surface area (Å²) in [4.78, 5) is 28.5. The summed E-state index contributed by atoms with van der Waals surface area (Å²) in [5.74, 6) is -2.99. The summed E-state index contributed by atoms with van der Waals surface area (Å²) in [6.07, 6.45) is 3.76. The molecule has 2 amide bonds. The van der Waals surface area contributed by atoms with Gasteiger partial charge in [-0.15, -0.1) is 0 Å². The number of nitrogens with zero attached hydrogens (tertiary/aromatic N) is 2. The second kappa shape index (κ2) is 6.32. The van der Waals surface area contributed by atoms with Crippen molar-refractivity contribution in [3.05, 3.63) is 35.9 Å². The Morgan fingerprint density at radius 3 is 2.46 bits per heavy atom. The first-order valence-electron chi connectivity index (χ1n) is 9.37. The molecule has 0 radical (unpaired) electrons. The van der Waals surface area contributed by atoms with Crippen LogP contribution in [0.4, 0.5) is 8.78 Å². The molecule has 0 aromatic heterocycles. The van der Waals surface area contributed by atoms with Crippen molar-refractivity contribution in [1.29, 1.82) is 0 Å². The van der Waals surface area contributed by atoms with E-state index in [4.69, 9.17) is 0 Å². The van der Waals surface area contributed by atoms with Crippen molar-refractivity contribution in [3.8, 4) is 0 Å². The summed E-state index contributed by atoms with van der Waals surface area (Å²) in [6, 6.07) is 9.64. The highest BCUT2D eigenvalue weighted by molar-refractivity contribution is 5.82. The summed E-state index contributed by atoms with van der Waals surface area (Å²) in [5.41, 5.74) is 0.772. The number of halogens is 2. The zero-order valence-electron chi connectivity index (χ0n) is 14.8. The van der Waals surface area contributed by atoms with E-state index in [2.05, 4.69) is 0 Å². The van der Waals surface area contributed by atoms with Gasteiger partial charge in [0.15, 0.2) is 0 Å². The predicted octanol–water partition coefficient (Wildman–Crippen LogP) is 2.73. The van der Waals surface area contributed by atoms with Gasteiger partial charge >= 0.3 is 0 Å². The van der Waals surface area contributed by atoms with Gasteiger partial charge in [-0.2, -0.15) is 0 Å². The van der Waals surface area contributed by atoms with Gasteiger partial charge < -0.3 is 9.80 Å². The maximum atomic E-state index is 13.1. The molecule has 1 aliphatic carbocycles. The summed E-state index contributed by atoms with van der Waals surface area (Å²) < 4.78 is 26.3. The minimum absolute atomic E-state index is 0.0849. The van der Waals surface area contributed by atoms with Crippen LogP contribution in [-0.2, 0) is 16.0 Å². The molecule has 1 saturated carbocycles. The number of amides is 2. The van der Waals surface area contributed by atoms with E-state index < -0.39 is 19.0 Å². The molecule has 1 spiro atoms.